The van der Waals surface area contributed by atoms with Gasteiger partial charge in [0, 0.05) is 27.6 Å². The molecular weight excluding hydrogens is 353 g/mol. The quantitative estimate of drug-likeness (QED) is 0.434. The summed E-state index contributed by atoms with van der Waals surface area (Å²) in [4.78, 5) is 12.8. The maximum atomic E-state index is 13.4. The Kier molecular flexibility index (Phi) is 4.14. The minimum atomic E-state index is -0.517. The van der Waals surface area contributed by atoms with Gasteiger partial charge in [0.05, 0.1) is 17.2 Å². The zero-order valence-corrected chi connectivity index (χ0v) is 16.8. The first kappa shape index (κ1) is 18.4. The molecule has 0 aliphatic rings. The van der Waals surface area contributed by atoms with Crippen molar-refractivity contribution in [3.63, 3.8) is 0 Å². The van der Waals surface area contributed by atoms with Crippen LogP contribution < -0.4 is 0 Å². The molecule has 0 amide bonds. The van der Waals surface area contributed by atoms with E-state index in [-0.39, 0.29) is 17.6 Å². The normalized spacial score (nSPS) is 12.4. The second kappa shape index (κ2) is 6.30. The highest BCUT2D eigenvalue weighted by Gasteiger charge is 2.26. The lowest BCUT2D eigenvalue weighted by molar-refractivity contribution is 0.0755. The number of benzene rings is 2. The third-order valence-electron chi connectivity index (χ3n) is 5.03. The van der Waals surface area contributed by atoms with Crippen molar-refractivity contribution >= 4 is 27.7 Å². The predicted molar refractivity (Wildman–Crippen MR) is 111 cm³/mol. The van der Waals surface area contributed by atoms with Crippen LogP contribution in [0.1, 0.15) is 51.0 Å². The molecule has 0 fully saturated rings. The summed E-state index contributed by atoms with van der Waals surface area (Å²) in [6, 6.07) is 12.7. The number of aromatic nitrogens is 3. The van der Waals surface area contributed by atoms with Crippen molar-refractivity contribution in [1.82, 2.24) is 14.3 Å². The molecule has 2 aromatic heterocycles. The van der Waals surface area contributed by atoms with Gasteiger partial charge < -0.3 is 4.57 Å². The summed E-state index contributed by atoms with van der Waals surface area (Å²) in [5.74, 6) is -0.00663. The summed E-state index contributed by atoms with van der Waals surface area (Å²) in [5, 5.41) is 6.28. The lowest BCUT2D eigenvalue weighted by Crippen LogP contribution is -2.27. The van der Waals surface area contributed by atoms with Crippen LogP contribution in [0.15, 0.2) is 48.7 Å². The summed E-state index contributed by atoms with van der Waals surface area (Å²) in [7, 11) is 0. The summed E-state index contributed by atoms with van der Waals surface area (Å²) in [5.41, 5.74) is 3.36. The number of fused-ring (bicyclic) bond motifs is 2. The Morgan fingerprint density at radius 2 is 1.64 bits per heavy atom. The van der Waals surface area contributed by atoms with Crippen LogP contribution in [0, 0.1) is 11.2 Å². The third-order valence-corrected chi connectivity index (χ3v) is 5.03. The van der Waals surface area contributed by atoms with Crippen molar-refractivity contribution in [3.8, 4) is 5.69 Å². The van der Waals surface area contributed by atoms with Gasteiger partial charge >= 0.3 is 0 Å². The second-order valence-electron chi connectivity index (χ2n) is 8.62. The molecule has 0 saturated carbocycles. The SMILES string of the molecule is CC(C)c1cc2cc3c(cnn3C(=O)C(C)(C)C)cc2n1-c1ccc(F)cc1. The van der Waals surface area contributed by atoms with E-state index in [1.54, 1.807) is 18.3 Å². The molecule has 0 bridgehead atoms. The molecule has 28 heavy (non-hydrogen) atoms. The molecule has 0 radical (unpaired) electrons. The minimum absolute atomic E-state index is 0.0381. The van der Waals surface area contributed by atoms with Crippen molar-refractivity contribution in [3.05, 3.63) is 60.2 Å². The number of hydrogen-bond acceptors (Lipinski definition) is 2. The molecule has 5 heteroatoms. The zero-order chi connectivity index (χ0) is 20.2. The van der Waals surface area contributed by atoms with Crippen LogP contribution in [-0.4, -0.2) is 20.3 Å². The fourth-order valence-corrected chi connectivity index (χ4v) is 3.53. The van der Waals surface area contributed by atoms with Crippen LogP contribution in [0.4, 0.5) is 4.39 Å². The van der Waals surface area contributed by atoms with Gasteiger partial charge in [-0.05, 0) is 48.4 Å². The molecule has 4 aromatic rings. The fraction of sp³-hybridized carbons (Fsp3) is 0.304. The molecule has 0 N–H and O–H groups in total. The van der Waals surface area contributed by atoms with E-state index in [4.69, 9.17) is 0 Å². The standard InChI is InChI=1S/C23H24FN3O/c1-14(2)19-10-15-11-21-16(13-25-27(21)22(28)23(3,4)5)12-20(15)26(19)18-8-6-17(24)7-9-18/h6-14H,1-5H3. The van der Waals surface area contributed by atoms with Gasteiger partial charge in [0.1, 0.15) is 5.82 Å². The van der Waals surface area contributed by atoms with E-state index in [1.807, 2.05) is 26.8 Å². The van der Waals surface area contributed by atoms with Crippen molar-refractivity contribution in [2.45, 2.75) is 40.5 Å². The Morgan fingerprint density at radius 3 is 2.25 bits per heavy atom. The molecule has 2 aromatic carbocycles. The van der Waals surface area contributed by atoms with Gasteiger partial charge in [-0.1, -0.05) is 34.6 Å². The molecule has 0 atom stereocenters. The average Bonchev–Trinajstić information content (AvgIpc) is 3.20. The number of carbonyl (C=O) groups excluding carboxylic acids is 1. The summed E-state index contributed by atoms with van der Waals surface area (Å²) in [6.07, 6.45) is 1.73. The van der Waals surface area contributed by atoms with Crippen LogP contribution in [-0.2, 0) is 0 Å². The molecule has 4 nitrogen and oxygen atoms in total. The number of hydrogen-bond donors (Lipinski definition) is 0. The van der Waals surface area contributed by atoms with E-state index in [0.717, 1.165) is 33.2 Å². The number of carbonyl (C=O) groups is 1. The molecule has 0 unspecified atom stereocenters. The van der Waals surface area contributed by atoms with Gasteiger partial charge in [-0.2, -0.15) is 9.78 Å². The van der Waals surface area contributed by atoms with Gasteiger partial charge in [0.2, 0.25) is 0 Å². The van der Waals surface area contributed by atoms with E-state index in [9.17, 15) is 9.18 Å². The first-order valence-electron chi connectivity index (χ1n) is 9.50. The van der Waals surface area contributed by atoms with Crippen molar-refractivity contribution < 1.29 is 9.18 Å². The minimum Gasteiger partial charge on any atom is -0.313 e. The zero-order valence-electron chi connectivity index (χ0n) is 16.8. The number of rotatable bonds is 2. The van der Waals surface area contributed by atoms with Crippen LogP contribution in [0.25, 0.3) is 27.5 Å². The highest BCUT2D eigenvalue weighted by molar-refractivity contribution is 6.01. The lowest BCUT2D eigenvalue weighted by Gasteiger charge is -2.16. The highest BCUT2D eigenvalue weighted by atomic mass is 19.1. The summed E-state index contributed by atoms with van der Waals surface area (Å²) >= 11 is 0. The van der Waals surface area contributed by atoms with Crippen LogP contribution in [0.5, 0.6) is 0 Å². The molecule has 4 rings (SSSR count). The Hall–Kier alpha value is -2.95. The van der Waals surface area contributed by atoms with Crippen molar-refractivity contribution in [2.75, 3.05) is 0 Å². The predicted octanol–water partition coefficient (Wildman–Crippen LogP) is 5.93. The molecule has 0 spiro atoms. The Balaban J connectivity index is 1.99. The topological polar surface area (TPSA) is 39.8 Å². The monoisotopic (exact) mass is 377 g/mol. The van der Waals surface area contributed by atoms with Crippen LogP contribution >= 0.6 is 0 Å². The van der Waals surface area contributed by atoms with Gasteiger partial charge in [0.25, 0.3) is 5.91 Å². The number of halogens is 1. The van der Waals surface area contributed by atoms with E-state index in [2.05, 4.69) is 35.6 Å². The first-order chi connectivity index (χ1) is 13.2. The van der Waals surface area contributed by atoms with Crippen molar-refractivity contribution in [1.29, 1.82) is 0 Å². The Labute approximate surface area is 163 Å². The van der Waals surface area contributed by atoms with E-state index in [0.29, 0.717) is 0 Å². The Bertz CT molecular complexity index is 1190. The van der Waals surface area contributed by atoms with Crippen molar-refractivity contribution in [2.24, 2.45) is 5.41 Å². The molecule has 0 saturated heterocycles. The van der Waals surface area contributed by atoms with E-state index in [1.165, 1.54) is 16.8 Å². The second-order valence-corrected chi connectivity index (χ2v) is 8.62. The summed E-state index contributed by atoms with van der Waals surface area (Å²) in [6.45, 7) is 9.95. The number of nitrogens with zero attached hydrogens (tertiary/aromatic N) is 3. The molecule has 2 heterocycles. The first-order valence-corrected chi connectivity index (χ1v) is 9.50. The van der Waals surface area contributed by atoms with Gasteiger partial charge in [-0.3, -0.25) is 4.79 Å². The average molecular weight is 377 g/mol. The largest absolute Gasteiger partial charge is 0.313 e. The fourth-order valence-electron chi connectivity index (χ4n) is 3.53. The summed E-state index contributed by atoms with van der Waals surface area (Å²) < 4.78 is 17.1. The van der Waals surface area contributed by atoms with Gasteiger partial charge in [0.15, 0.2) is 0 Å². The molecule has 0 aliphatic heterocycles. The lowest BCUT2D eigenvalue weighted by atomic mass is 9.96. The van der Waals surface area contributed by atoms with E-state index >= 15 is 0 Å². The van der Waals surface area contributed by atoms with Gasteiger partial charge in [-0.25, -0.2) is 4.39 Å². The smallest absolute Gasteiger partial charge is 0.252 e. The molecular formula is C23H24FN3O. The Morgan fingerprint density at radius 1 is 1.00 bits per heavy atom. The molecule has 144 valence electrons. The third kappa shape index (κ3) is 2.91. The highest BCUT2D eigenvalue weighted by Crippen LogP contribution is 2.32. The maximum absolute atomic E-state index is 13.4. The maximum Gasteiger partial charge on any atom is 0.252 e. The van der Waals surface area contributed by atoms with Crippen LogP contribution in [0.2, 0.25) is 0 Å². The van der Waals surface area contributed by atoms with Crippen LogP contribution in [0.3, 0.4) is 0 Å². The van der Waals surface area contributed by atoms with Gasteiger partial charge in [-0.15, -0.1) is 0 Å². The van der Waals surface area contributed by atoms with E-state index < -0.39 is 5.41 Å². The molecule has 0 aliphatic carbocycles.